The summed E-state index contributed by atoms with van der Waals surface area (Å²) in [5, 5.41) is 5.95. The van der Waals surface area contributed by atoms with Gasteiger partial charge in [0.2, 0.25) is 6.17 Å². The highest BCUT2D eigenvalue weighted by atomic mass is 35.5. The maximum atomic E-state index is 13.3. The van der Waals surface area contributed by atoms with Crippen LogP contribution in [0.15, 0.2) is 77.8 Å². The Morgan fingerprint density at radius 2 is 1.84 bits per heavy atom. The number of anilines is 2. The van der Waals surface area contributed by atoms with E-state index in [0.29, 0.717) is 22.0 Å². The first kappa shape index (κ1) is 26.4. The van der Waals surface area contributed by atoms with Gasteiger partial charge in [-0.1, -0.05) is 48.0 Å². The second-order valence-corrected chi connectivity index (χ2v) is 8.74. The maximum Gasteiger partial charge on any atom is 0.461 e. The second kappa shape index (κ2) is 10.7. The molecular weight excluding hydrogens is 532 g/mol. The minimum atomic E-state index is -4.66. The Bertz CT molecular complexity index is 1360. The molecule has 3 aromatic carbocycles. The number of halogens is 5. The zero-order valence-corrected chi connectivity index (χ0v) is 20.7. The van der Waals surface area contributed by atoms with E-state index in [9.17, 15) is 22.4 Å². The third-order valence-electron chi connectivity index (χ3n) is 5.31. The first-order chi connectivity index (χ1) is 17.5. The zero-order chi connectivity index (χ0) is 26.7. The van der Waals surface area contributed by atoms with Gasteiger partial charge in [0.15, 0.2) is 5.11 Å². The van der Waals surface area contributed by atoms with Crippen LogP contribution in [-0.2, 0) is 4.79 Å². The summed E-state index contributed by atoms with van der Waals surface area (Å²) in [6.45, 7) is 0. The van der Waals surface area contributed by atoms with Gasteiger partial charge in [0.05, 0.1) is 11.4 Å². The topological polar surface area (TPSA) is 66.0 Å². The molecule has 0 radical (unpaired) electrons. The van der Waals surface area contributed by atoms with Crippen LogP contribution >= 0.6 is 23.8 Å². The van der Waals surface area contributed by atoms with Crippen LogP contribution in [0.25, 0.3) is 0 Å². The zero-order valence-electron chi connectivity index (χ0n) is 19.1. The number of carbonyl (C=O) groups excluding carboxylic acids is 1. The van der Waals surface area contributed by atoms with E-state index in [1.807, 2.05) is 30.3 Å². The number of carbonyl (C=O) groups is 1. The maximum absolute atomic E-state index is 13.3. The average molecular weight is 551 g/mol. The molecule has 3 aromatic rings. The number of rotatable bonds is 6. The van der Waals surface area contributed by atoms with E-state index < -0.39 is 30.4 Å². The third-order valence-corrected chi connectivity index (χ3v) is 5.77. The number of aliphatic imine (C=N–C) groups is 1. The summed E-state index contributed by atoms with van der Waals surface area (Å²) in [4.78, 5) is 19.4. The van der Waals surface area contributed by atoms with Gasteiger partial charge in [-0.25, -0.2) is 4.99 Å². The lowest BCUT2D eigenvalue weighted by molar-refractivity contribution is -0.253. The normalized spacial score (nSPS) is 15.5. The Kier molecular flexibility index (Phi) is 7.65. The number of ether oxygens (including phenoxy) is 1. The first-order valence-electron chi connectivity index (χ1n) is 10.8. The lowest BCUT2D eigenvalue weighted by Gasteiger charge is -2.22. The van der Waals surface area contributed by atoms with Crippen molar-refractivity contribution in [3.63, 3.8) is 0 Å². The Morgan fingerprint density at radius 3 is 2.54 bits per heavy atom. The van der Waals surface area contributed by atoms with E-state index in [2.05, 4.69) is 20.4 Å². The van der Waals surface area contributed by atoms with Gasteiger partial charge in [-0.05, 0) is 42.5 Å². The minimum Gasteiger partial charge on any atom is -0.428 e. The molecule has 0 bridgehead atoms. The fourth-order valence-corrected chi connectivity index (χ4v) is 4.00. The quantitative estimate of drug-likeness (QED) is 0.304. The Labute approximate surface area is 219 Å². The molecule has 0 spiro atoms. The van der Waals surface area contributed by atoms with Crippen molar-refractivity contribution >= 4 is 51.9 Å². The molecule has 1 amide bonds. The number of thiocarbonyl (C=S) groups is 1. The predicted octanol–water partition coefficient (Wildman–Crippen LogP) is 5.70. The Morgan fingerprint density at radius 1 is 1.11 bits per heavy atom. The van der Waals surface area contributed by atoms with Gasteiger partial charge < -0.3 is 20.3 Å². The lowest BCUT2D eigenvalue weighted by atomic mass is 10.0. The smallest absolute Gasteiger partial charge is 0.428 e. The summed E-state index contributed by atoms with van der Waals surface area (Å²) in [5.41, 5.74) is 2.63. The van der Waals surface area contributed by atoms with Crippen LogP contribution in [-0.4, -0.2) is 42.5 Å². The molecule has 2 N–H and O–H groups in total. The van der Waals surface area contributed by atoms with Gasteiger partial charge in [0.25, 0.3) is 5.91 Å². The summed E-state index contributed by atoms with van der Waals surface area (Å²) in [6, 6.07) is 19.2. The van der Waals surface area contributed by atoms with E-state index in [1.165, 1.54) is 17.0 Å². The van der Waals surface area contributed by atoms with Gasteiger partial charge in [-0.3, -0.25) is 4.79 Å². The number of hydrogen-bond donors (Lipinski definition) is 2. The highest BCUT2D eigenvalue weighted by Gasteiger charge is 2.44. The highest BCUT2D eigenvalue weighted by Crippen LogP contribution is 2.31. The molecule has 1 aliphatic heterocycles. The number of hydrogen-bond acceptors (Lipinski definition) is 4. The predicted molar refractivity (Wildman–Crippen MR) is 138 cm³/mol. The number of benzodiazepines with no additional fused rings is 1. The van der Waals surface area contributed by atoms with Crippen LogP contribution in [0, 0.1) is 0 Å². The molecular formula is C25H19ClF4N4O2S. The van der Waals surface area contributed by atoms with Crippen LogP contribution in [0.2, 0.25) is 5.02 Å². The van der Waals surface area contributed by atoms with Crippen molar-refractivity contribution in [3.05, 3.63) is 88.9 Å². The molecule has 0 saturated heterocycles. The molecule has 0 aromatic heterocycles. The number of nitrogens with one attached hydrogen (secondary N) is 2. The lowest BCUT2D eigenvalue weighted by Crippen LogP contribution is -2.47. The third kappa shape index (κ3) is 6.00. The molecule has 1 heterocycles. The van der Waals surface area contributed by atoms with Crippen molar-refractivity contribution in [2.45, 2.75) is 18.7 Å². The molecule has 1 atom stereocenters. The van der Waals surface area contributed by atoms with Crippen LogP contribution in [0.4, 0.5) is 28.9 Å². The summed E-state index contributed by atoms with van der Waals surface area (Å²) in [7, 11) is 1.59. The van der Waals surface area contributed by atoms with E-state index in [0.717, 1.165) is 17.7 Å². The monoisotopic (exact) mass is 550 g/mol. The second-order valence-electron chi connectivity index (χ2n) is 7.90. The fourth-order valence-electron chi connectivity index (χ4n) is 3.60. The van der Waals surface area contributed by atoms with Crippen LogP contribution in [0.5, 0.6) is 5.75 Å². The first-order valence-corrected chi connectivity index (χ1v) is 11.6. The average Bonchev–Trinajstić information content (AvgIpc) is 2.94. The molecule has 6 nitrogen and oxygen atoms in total. The van der Waals surface area contributed by atoms with Crippen molar-refractivity contribution in [1.82, 2.24) is 5.32 Å². The summed E-state index contributed by atoms with van der Waals surface area (Å²) in [6.07, 6.45) is -9.82. The summed E-state index contributed by atoms with van der Waals surface area (Å²) < 4.78 is 55.6. The van der Waals surface area contributed by atoms with Crippen molar-refractivity contribution < 1.29 is 27.1 Å². The molecule has 1 aliphatic rings. The largest absolute Gasteiger partial charge is 0.461 e. The molecule has 0 fully saturated rings. The van der Waals surface area contributed by atoms with Crippen molar-refractivity contribution in [1.29, 1.82) is 0 Å². The van der Waals surface area contributed by atoms with E-state index in [-0.39, 0.29) is 10.8 Å². The number of fused-ring (bicyclic) bond motifs is 1. The van der Waals surface area contributed by atoms with Crippen molar-refractivity contribution in [2.24, 2.45) is 4.99 Å². The van der Waals surface area contributed by atoms with E-state index in [1.54, 1.807) is 25.2 Å². The molecule has 4 rings (SSSR count). The van der Waals surface area contributed by atoms with Gasteiger partial charge in [-0.2, -0.15) is 17.6 Å². The minimum absolute atomic E-state index is 0.0651. The van der Waals surface area contributed by atoms with Gasteiger partial charge in [0.1, 0.15) is 5.75 Å². The number of benzene rings is 3. The fraction of sp³-hybridized carbons (Fsp3) is 0.160. The molecule has 1 unspecified atom stereocenters. The van der Waals surface area contributed by atoms with E-state index in [4.69, 9.17) is 23.8 Å². The molecule has 0 saturated carbocycles. The summed E-state index contributed by atoms with van der Waals surface area (Å²) in [5.74, 6) is -0.924. The Balaban J connectivity index is 1.60. The number of alkyl halides is 4. The van der Waals surface area contributed by atoms with Crippen molar-refractivity contribution in [2.75, 3.05) is 17.3 Å². The molecule has 192 valence electrons. The van der Waals surface area contributed by atoms with Crippen LogP contribution in [0.1, 0.15) is 11.1 Å². The highest BCUT2D eigenvalue weighted by molar-refractivity contribution is 7.80. The van der Waals surface area contributed by atoms with Gasteiger partial charge >= 0.3 is 12.5 Å². The number of nitrogens with zero attached hydrogens (tertiary/aromatic N) is 2. The van der Waals surface area contributed by atoms with Crippen LogP contribution in [0.3, 0.4) is 0 Å². The molecule has 37 heavy (non-hydrogen) atoms. The van der Waals surface area contributed by atoms with Gasteiger partial charge in [-0.15, -0.1) is 0 Å². The standard InChI is InChI=1S/C25H19ClF4N4O2S/c1-34-19-11-10-15(26)12-18(19)20(14-6-3-2-4-7-14)32-21(22(34)35)33-24(37)31-16-8-5-9-17(13-16)36-25(29,30)23(27)28/h2-13,21,23H,1H3,(H2,31,33,37). The SMILES string of the molecule is CN1C(=O)C(NC(=S)Nc2cccc(OC(F)(F)C(F)F)c2)N=C(c2ccccc2)c2cc(Cl)ccc21. The number of likely N-dealkylation sites (N-methyl/N-ethyl adjacent to an activating group) is 1. The number of amides is 1. The molecule has 0 aliphatic carbocycles. The van der Waals surface area contributed by atoms with Crippen LogP contribution < -0.4 is 20.3 Å². The molecule has 12 heteroatoms. The summed E-state index contributed by atoms with van der Waals surface area (Å²) >= 11 is 11.6. The van der Waals surface area contributed by atoms with E-state index >= 15 is 0 Å². The Hall–Kier alpha value is -3.70. The van der Waals surface area contributed by atoms with Gasteiger partial charge in [0, 0.05) is 35.0 Å². The van der Waals surface area contributed by atoms with Crippen molar-refractivity contribution in [3.8, 4) is 5.75 Å².